The van der Waals surface area contributed by atoms with Crippen molar-refractivity contribution >= 4 is 21.8 Å². The van der Waals surface area contributed by atoms with Gasteiger partial charge < -0.3 is 5.32 Å². The van der Waals surface area contributed by atoms with Crippen LogP contribution in [0.1, 0.15) is 29.8 Å². The van der Waals surface area contributed by atoms with Gasteiger partial charge in [-0.2, -0.15) is 0 Å². The maximum absolute atomic E-state index is 13.5. The largest absolute Gasteiger partial charge is 0.352 e. The number of rotatable bonds is 3. The first-order chi connectivity index (χ1) is 7.41. The summed E-state index contributed by atoms with van der Waals surface area (Å²) in [4.78, 5) is 11.7. The van der Waals surface area contributed by atoms with Crippen LogP contribution in [-0.4, -0.2) is 12.5 Å². The Balaban J connectivity index is 2.87. The Morgan fingerprint density at radius 3 is 2.69 bits per heavy atom. The number of carbonyl (C=O) groups excluding carboxylic acids is 1. The van der Waals surface area contributed by atoms with Gasteiger partial charge in [0, 0.05) is 11.0 Å². The van der Waals surface area contributed by atoms with Crippen molar-refractivity contribution in [2.45, 2.75) is 20.8 Å². The summed E-state index contributed by atoms with van der Waals surface area (Å²) in [6.45, 7) is 6.30. The fourth-order valence-corrected chi connectivity index (χ4v) is 1.56. The van der Waals surface area contributed by atoms with Crippen LogP contribution in [0.3, 0.4) is 0 Å². The van der Waals surface area contributed by atoms with Gasteiger partial charge in [-0.3, -0.25) is 4.79 Å². The topological polar surface area (TPSA) is 29.1 Å². The fraction of sp³-hybridized carbons (Fsp3) is 0.417. The molecular weight excluding hydrogens is 273 g/mol. The van der Waals surface area contributed by atoms with Crippen LogP contribution in [-0.2, 0) is 0 Å². The highest BCUT2D eigenvalue weighted by Gasteiger charge is 2.13. The molecule has 0 bridgehead atoms. The summed E-state index contributed by atoms with van der Waals surface area (Å²) in [5.41, 5.74) is 0.857. The molecule has 1 aromatic rings. The van der Waals surface area contributed by atoms with Crippen LogP contribution < -0.4 is 5.32 Å². The van der Waals surface area contributed by atoms with Crippen LogP contribution in [0, 0.1) is 18.7 Å². The number of halogens is 2. The minimum absolute atomic E-state index is 0.0816. The maximum Gasteiger partial charge on any atom is 0.254 e. The predicted octanol–water partition coefficient (Wildman–Crippen LogP) is 3.28. The van der Waals surface area contributed by atoms with Crippen molar-refractivity contribution in [2.75, 3.05) is 6.54 Å². The lowest BCUT2D eigenvalue weighted by Crippen LogP contribution is -2.28. The molecule has 4 heteroatoms. The van der Waals surface area contributed by atoms with Crippen molar-refractivity contribution in [2.24, 2.45) is 5.92 Å². The number of aryl methyl sites for hydroxylation is 1. The van der Waals surface area contributed by atoms with E-state index in [1.807, 2.05) is 13.8 Å². The van der Waals surface area contributed by atoms with E-state index < -0.39 is 5.82 Å². The van der Waals surface area contributed by atoms with E-state index >= 15 is 0 Å². The number of hydrogen-bond acceptors (Lipinski definition) is 1. The van der Waals surface area contributed by atoms with Crippen LogP contribution in [0.2, 0.25) is 0 Å². The highest BCUT2D eigenvalue weighted by atomic mass is 79.9. The van der Waals surface area contributed by atoms with Crippen LogP contribution in [0.25, 0.3) is 0 Å². The lowest BCUT2D eigenvalue weighted by molar-refractivity contribution is 0.0945. The summed E-state index contributed by atoms with van der Waals surface area (Å²) >= 11 is 3.28. The molecule has 0 aliphatic rings. The average Bonchev–Trinajstić information content (AvgIpc) is 2.20. The third-order valence-corrected chi connectivity index (χ3v) is 3.02. The maximum atomic E-state index is 13.5. The zero-order valence-corrected chi connectivity index (χ0v) is 11.2. The first-order valence-corrected chi connectivity index (χ1v) is 5.95. The Morgan fingerprint density at radius 2 is 2.12 bits per heavy atom. The van der Waals surface area contributed by atoms with Gasteiger partial charge in [0.15, 0.2) is 0 Å². The van der Waals surface area contributed by atoms with E-state index in [1.54, 1.807) is 6.92 Å². The summed E-state index contributed by atoms with van der Waals surface area (Å²) in [7, 11) is 0. The van der Waals surface area contributed by atoms with Gasteiger partial charge in [-0.1, -0.05) is 29.8 Å². The van der Waals surface area contributed by atoms with Gasteiger partial charge in [0.2, 0.25) is 0 Å². The van der Waals surface area contributed by atoms with E-state index in [4.69, 9.17) is 0 Å². The third kappa shape index (κ3) is 3.30. The minimum Gasteiger partial charge on any atom is -0.352 e. The minimum atomic E-state index is -0.484. The zero-order chi connectivity index (χ0) is 12.3. The average molecular weight is 288 g/mol. The van der Waals surface area contributed by atoms with Crippen LogP contribution >= 0.6 is 15.9 Å². The van der Waals surface area contributed by atoms with Gasteiger partial charge in [0.1, 0.15) is 5.82 Å². The molecule has 0 saturated heterocycles. The first-order valence-electron chi connectivity index (χ1n) is 5.15. The number of amides is 1. The molecule has 1 N–H and O–H groups in total. The summed E-state index contributed by atoms with van der Waals surface area (Å²) in [6.07, 6.45) is 0. The lowest BCUT2D eigenvalue weighted by Gasteiger charge is -2.09. The van der Waals surface area contributed by atoms with Crippen molar-refractivity contribution < 1.29 is 9.18 Å². The molecule has 0 atom stereocenters. The summed E-state index contributed by atoms with van der Waals surface area (Å²) in [5, 5.41) is 2.69. The van der Waals surface area contributed by atoms with Crippen molar-refractivity contribution in [1.29, 1.82) is 0 Å². The van der Waals surface area contributed by atoms with Crippen LogP contribution in [0.15, 0.2) is 16.6 Å². The molecule has 0 fully saturated rings. The number of carbonyl (C=O) groups is 1. The number of benzene rings is 1. The van der Waals surface area contributed by atoms with Crippen LogP contribution in [0.5, 0.6) is 0 Å². The second-order valence-corrected chi connectivity index (χ2v) is 5.04. The monoisotopic (exact) mass is 287 g/mol. The molecular formula is C12H15BrFNO. The van der Waals surface area contributed by atoms with E-state index in [-0.39, 0.29) is 11.5 Å². The standard InChI is InChI=1S/C12H15BrFNO/c1-7(2)6-15-12(16)9-5-10(13)8(3)4-11(9)14/h4-5,7H,6H2,1-3H3,(H,15,16). The molecule has 1 rings (SSSR count). The molecule has 0 spiro atoms. The Morgan fingerprint density at radius 1 is 1.50 bits per heavy atom. The summed E-state index contributed by atoms with van der Waals surface area (Å²) in [5.74, 6) is -0.505. The van der Waals surface area contributed by atoms with Crippen molar-refractivity contribution in [3.05, 3.63) is 33.5 Å². The second kappa shape index (κ2) is 5.43. The molecule has 0 saturated carbocycles. The molecule has 0 unspecified atom stereocenters. The Labute approximate surface area is 103 Å². The second-order valence-electron chi connectivity index (χ2n) is 4.19. The summed E-state index contributed by atoms with van der Waals surface area (Å²) < 4.78 is 14.3. The highest BCUT2D eigenvalue weighted by molar-refractivity contribution is 9.10. The lowest BCUT2D eigenvalue weighted by atomic mass is 10.1. The predicted molar refractivity (Wildman–Crippen MR) is 66.0 cm³/mol. The SMILES string of the molecule is Cc1cc(F)c(C(=O)NCC(C)C)cc1Br. The van der Waals surface area contributed by atoms with E-state index in [0.29, 0.717) is 12.5 Å². The molecule has 0 radical (unpaired) electrons. The molecule has 0 aliphatic carbocycles. The molecule has 16 heavy (non-hydrogen) atoms. The van der Waals surface area contributed by atoms with Gasteiger partial charge in [-0.05, 0) is 30.5 Å². The van der Waals surface area contributed by atoms with Crippen molar-refractivity contribution in [3.8, 4) is 0 Å². The van der Waals surface area contributed by atoms with Gasteiger partial charge >= 0.3 is 0 Å². The zero-order valence-electron chi connectivity index (χ0n) is 9.60. The highest BCUT2D eigenvalue weighted by Crippen LogP contribution is 2.20. The molecule has 2 nitrogen and oxygen atoms in total. The molecule has 88 valence electrons. The normalized spacial score (nSPS) is 10.6. The fourth-order valence-electron chi connectivity index (χ4n) is 1.21. The van der Waals surface area contributed by atoms with Crippen molar-refractivity contribution in [3.63, 3.8) is 0 Å². The number of nitrogens with one attached hydrogen (secondary N) is 1. The Hall–Kier alpha value is -0.900. The van der Waals surface area contributed by atoms with E-state index in [0.717, 1.165) is 10.0 Å². The van der Waals surface area contributed by atoms with Crippen molar-refractivity contribution in [1.82, 2.24) is 5.32 Å². The molecule has 0 heterocycles. The molecule has 0 aromatic heterocycles. The summed E-state index contributed by atoms with van der Waals surface area (Å²) in [6, 6.07) is 2.87. The number of hydrogen-bond donors (Lipinski definition) is 1. The van der Waals surface area contributed by atoms with E-state index in [1.165, 1.54) is 12.1 Å². The Kier molecular flexibility index (Phi) is 4.47. The molecule has 0 aliphatic heterocycles. The quantitative estimate of drug-likeness (QED) is 0.908. The van der Waals surface area contributed by atoms with Gasteiger partial charge in [-0.25, -0.2) is 4.39 Å². The Bertz CT molecular complexity index is 404. The van der Waals surface area contributed by atoms with Gasteiger partial charge in [-0.15, -0.1) is 0 Å². The van der Waals surface area contributed by atoms with Crippen LogP contribution in [0.4, 0.5) is 4.39 Å². The van der Waals surface area contributed by atoms with Gasteiger partial charge in [0.05, 0.1) is 5.56 Å². The first kappa shape index (κ1) is 13.2. The molecule has 1 aromatic carbocycles. The molecule has 1 amide bonds. The van der Waals surface area contributed by atoms with E-state index in [2.05, 4.69) is 21.2 Å². The smallest absolute Gasteiger partial charge is 0.254 e. The third-order valence-electron chi connectivity index (χ3n) is 2.16. The van der Waals surface area contributed by atoms with E-state index in [9.17, 15) is 9.18 Å². The van der Waals surface area contributed by atoms with Gasteiger partial charge in [0.25, 0.3) is 5.91 Å².